The zero-order valence-corrected chi connectivity index (χ0v) is 16.1. The molecule has 1 aliphatic heterocycles. The van der Waals surface area contributed by atoms with Gasteiger partial charge in [-0.15, -0.1) is 0 Å². The van der Waals surface area contributed by atoms with Crippen LogP contribution in [0.1, 0.15) is 18.4 Å². The van der Waals surface area contributed by atoms with E-state index in [9.17, 15) is 4.39 Å². The van der Waals surface area contributed by atoms with E-state index in [1.807, 2.05) is 24.4 Å². The summed E-state index contributed by atoms with van der Waals surface area (Å²) in [5.74, 6) is 0.722. The number of hydrogen-bond acceptors (Lipinski definition) is 3. The van der Waals surface area contributed by atoms with Gasteiger partial charge in [0.15, 0.2) is 0 Å². The molecule has 0 spiro atoms. The van der Waals surface area contributed by atoms with Gasteiger partial charge in [-0.25, -0.2) is 9.37 Å². The fraction of sp³-hybridized carbons (Fsp3) is 0.381. The number of nitrogens with zero attached hydrogens (tertiary/aromatic N) is 3. The smallest absolute Gasteiger partial charge is 0.147 e. The molecule has 0 unspecified atom stereocenters. The Morgan fingerprint density at radius 3 is 2.78 bits per heavy atom. The van der Waals surface area contributed by atoms with Gasteiger partial charge in [-0.1, -0.05) is 11.6 Å². The summed E-state index contributed by atoms with van der Waals surface area (Å²) in [6, 6.07) is 8.70. The molecule has 0 atom stereocenters. The minimum Gasteiger partial charge on any atom is -0.361 e. The van der Waals surface area contributed by atoms with Crippen molar-refractivity contribution in [2.45, 2.75) is 19.3 Å². The number of fused-ring (bicyclic) bond motifs is 1. The summed E-state index contributed by atoms with van der Waals surface area (Å²) in [6.07, 6.45) is 7.04. The molecule has 1 saturated heterocycles. The number of hydrogen-bond donors (Lipinski definition) is 1. The fourth-order valence-corrected chi connectivity index (χ4v) is 4.04. The van der Waals surface area contributed by atoms with E-state index in [4.69, 9.17) is 11.6 Å². The average molecular weight is 387 g/mol. The Hall–Kier alpha value is -2.11. The van der Waals surface area contributed by atoms with Crippen molar-refractivity contribution in [3.8, 4) is 0 Å². The second kappa shape index (κ2) is 8.28. The molecule has 1 aliphatic rings. The van der Waals surface area contributed by atoms with Crippen LogP contribution >= 0.6 is 11.6 Å². The van der Waals surface area contributed by atoms with Gasteiger partial charge in [-0.2, -0.15) is 0 Å². The Morgan fingerprint density at radius 2 is 1.96 bits per heavy atom. The van der Waals surface area contributed by atoms with Gasteiger partial charge in [-0.3, -0.25) is 4.90 Å². The number of H-pyrrole nitrogens is 1. The summed E-state index contributed by atoms with van der Waals surface area (Å²) >= 11 is 6.25. The number of aryl methyl sites for hydroxylation is 1. The predicted molar refractivity (Wildman–Crippen MR) is 109 cm³/mol. The van der Waals surface area contributed by atoms with Crippen LogP contribution in [0.5, 0.6) is 0 Å². The van der Waals surface area contributed by atoms with Crippen molar-refractivity contribution in [1.82, 2.24) is 14.9 Å². The molecule has 0 saturated carbocycles. The molecule has 4 nitrogen and oxygen atoms in total. The van der Waals surface area contributed by atoms with Gasteiger partial charge >= 0.3 is 0 Å². The number of aromatic nitrogens is 2. The highest BCUT2D eigenvalue weighted by molar-refractivity contribution is 6.32. The molecule has 6 heteroatoms. The first-order valence-electron chi connectivity index (χ1n) is 9.54. The molecule has 2 aromatic heterocycles. The summed E-state index contributed by atoms with van der Waals surface area (Å²) in [4.78, 5) is 12.4. The van der Waals surface area contributed by atoms with E-state index in [-0.39, 0.29) is 5.82 Å². The standard InChI is InChI=1S/C21H24ClFN4/c22-19-5-3-8-24-21(19)27-12-10-26(11-13-27)9-2-1-4-16-15-25-20-7-6-17(23)14-18(16)20/h3,5-8,14-15,25H,1-2,4,9-13H2. The second-order valence-electron chi connectivity index (χ2n) is 7.10. The van der Waals surface area contributed by atoms with E-state index >= 15 is 0 Å². The van der Waals surface area contributed by atoms with Crippen LogP contribution < -0.4 is 4.90 Å². The molecule has 4 rings (SSSR count). The van der Waals surface area contributed by atoms with Crippen molar-refractivity contribution in [3.63, 3.8) is 0 Å². The number of aromatic amines is 1. The van der Waals surface area contributed by atoms with Crippen molar-refractivity contribution < 1.29 is 4.39 Å². The summed E-state index contributed by atoms with van der Waals surface area (Å²) < 4.78 is 13.5. The molecular formula is C21H24ClFN4. The summed E-state index contributed by atoms with van der Waals surface area (Å²) in [7, 11) is 0. The summed E-state index contributed by atoms with van der Waals surface area (Å²) in [5, 5.41) is 1.73. The summed E-state index contributed by atoms with van der Waals surface area (Å²) in [5.41, 5.74) is 2.22. The number of unbranched alkanes of at least 4 members (excludes halogenated alkanes) is 1. The van der Waals surface area contributed by atoms with Crippen LogP contribution in [0.15, 0.2) is 42.7 Å². The molecule has 1 N–H and O–H groups in total. The van der Waals surface area contributed by atoms with Crippen LogP contribution in [0.25, 0.3) is 10.9 Å². The van der Waals surface area contributed by atoms with Crippen LogP contribution in [0.2, 0.25) is 5.02 Å². The lowest BCUT2D eigenvalue weighted by atomic mass is 10.1. The highest BCUT2D eigenvalue weighted by Crippen LogP contribution is 2.24. The molecule has 142 valence electrons. The number of nitrogens with one attached hydrogen (secondary N) is 1. The monoisotopic (exact) mass is 386 g/mol. The van der Waals surface area contributed by atoms with E-state index in [2.05, 4.69) is 19.8 Å². The molecule has 3 heterocycles. The third kappa shape index (κ3) is 4.25. The largest absolute Gasteiger partial charge is 0.361 e. The zero-order valence-electron chi connectivity index (χ0n) is 15.3. The molecule has 1 aromatic carbocycles. The molecule has 0 bridgehead atoms. The molecule has 0 amide bonds. The molecule has 0 aliphatic carbocycles. The zero-order chi connectivity index (χ0) is 18.6. The number of rotatable bonds is 6. The molecule has 0 radical (unpaired) electrons. The normalized spacial score (nSPS) is 15.6. The van der Waals surface area contributed by atoms with Gasteiger partial charge < -0.3 is 9.88 Å². The maximum atomic E-state index is 13.5. The Kier molecular flexibility index (Phi) is 5.60. The van der Waals surface area contributed by atoms with Crippen LogP contribution in [-0.4, -0.2) is 47.6 Å². The Labute approximate surface area is 164 Å². The van der Waals surface area contributed by atoms with Crippen LogP contribution in [0.3, 0.4) is 0 Å². The maximum absolute atomic E-state index is 13.5. The number of anilines is 1. The molecular weight excluding hydrogens is 363 g/mol. The lowest BCUT2D eigenvalue weighted by Crippen LogP contribution is -2.47. The third-order valence-electron chi connectivity index (χ3n) is 5.31. The first kappa shape index (κ1) is 18.3. The van der Waals surface area contributed by atoms with Gasteiger partial charge in [0.2, 0.25) is 0 Å². The van der Waals surface area contributed by atoms with E-state index in [0.29, 0.717) is 0 Å². The number of benzene rings is 1. The molecule has 1 fully saturated rings. The quantitative estimate of drug-likeness (QED) is 0.633. The maximum Gasteiger partial charge on any atom is 0.147 e. The van der Waals surface area contributed by atoms with Crippen molar-refractivity contribution in [3.05, 3.63) is 59.1 Å². The third-order valence-corrected chi connectivity index (χ3v) is 5.61. The average Bonchev–Trinajstić information content (AvgIpc) is 3.08. The first-order chi connectivity index (χ1) is 13.2. The van der Waals surface area contributed by atoms with Crippen LogP contribution in [0, 0.1) is 5.82 Å². The predicted octanol–water partition coefficient (Wildman–Crippen LogP) is 4.50. The van der Waals surface area contributed by atoms with E-state index in [0.717, 1.165) is 73.7 Å². The number of halogens is 2. The Bertz CT molecular complexity index is 902. The first-order valence-corrected chi connectivity index (χ1v) is 9.92. The highest BCUT2D eigenvalue weighted by Gasteiger charge is 2.19. The van der Waals surface area contributed by atoms with Crippen molar-refractivity contribution in [2.75, 3.05) is 37.6 Å². The van der Waals surface area contributed by atoms with Gasteiger partial charge in [0.05, 0.1) is 5.02 Å². The van der Waals surface area contributed by atoms with Crippen LogP contribution in [-0.2, 0) is 6.42 Å². The summed E-state index contributed by atoms with van der Waals surface area (Å²) in [6.45, 7) is 5.08. The van der Waals surface area contributed by atoms with Gasteiger partial charge in [0.25, 0.3) is 0 Å². The van der Waals surface area contributed by atoms with E-state index in [1.165, 1.54) is 11.6 Å². The fourth-order valence-electron chi connectivity index (χ4n) is 3.80. The molecule has 3 aromatic rings. The van der Waals surface area contributed by atoms with Gasteiger partial charge in [0.1, 0.15) is 11.6 Å². The van der Waals surface area contributed by atoms with Crippen molar-refractivity contribution in [1.29, 1.82) is 0 Å². The van der Waals surface area contributed by atoms with Gasteiger partial charge in [0, 0.05) is 49.5 Å². The topological polar surface area (TPSA) is 35.2 Å². The van der Waals surface area contributed by atoms with E-state index in [1.54, 1.807) is 12.3 Å². The van der Waals surface area contributed by atoms with Crippen LogP contribution in [0.4, 0.5) is 10.2 Å². The van der Waals surface area contributed by atoms with Crippen molar-refractivity contribution >= 4 is 28.3 Å². The van der Waals surface area contributed by atoms with Crippen molar-refractivity contribution in [2.24, 2.45) is 0 Å². The van der Waals surface area contributed by atoms with Gasteiger partial charge in [-0.05, 0) is 61.7 Å². The van der Waals surface area contributed by atoms with E-state index < -0.39 is 0 Å². The molecule has 27 heavy (non-hydrogen) atoms. The Morgan fingerprint density at radius 1 is 1.11 bits per heavy atom. The minimum absolute atomic E-state index is 0.172. The second-order valence-corrected chi connectivity index (χ2v) is 7.51. The lowest BCUT2D eigenvalue weighted by Gasteiger charge is -2.35. The SMILES string of the molecule is Fc1ccc2[nH]cc(CCCCN3CCN(c4ncccc4Cl)CC3)c2c1. The number of piperazine rings is 1. The Balaban J connectivity index is 1.22. The highest BCUT2D eigenvalue weighted by atomic mass is 35.5. The number of pyridine rings is 1. The lowest BCUT2D eigenvalue weighted by molar-refractivity contribution is 0.252. The minimum atomic E-state index is -0.172.